The van der Waals surface area contributed by atoms with Crippen LogP contribution in [0.3, 0.4) is 0 Å². The molecule has 0 radical (unpaired) electrons. The highest BCUT2D eigenvalue weighted by Crippen LogP contribution is 2.53. The minimum Gasteiger partial charge on any atom is -0.462 e. The zero-order valence-corrected chi connectivity index (χ0v) is 23.0. The lowest BCUT2D eigenvalue weighted by atomic mass is 9.61. The van der Waals surface area contributed by atoms with Gasteiger partial charge in [0.25, 0.3) is 0 Å². The summed E-state index contributed by atoms with van der Waals surface area (Å²) in [5.74, 6) is -0.858. The van der Waals surface area contributed by atoms with Gasteiger partial charge in [-0.15, -0.1) is 11.3 Å². The van der Waals surface area contributed by atoms with Crippen LogP contribution in [-0.4, -0.2) is 24.4 Å². The molecule has 0 bridgehead atoms. The average molecular weight is 538 g/mol. The Bertz CT molecular complexity index is 1320. The van der Waals surface area contributed by atoms with Crippen LogP contribution in [0.25, 0.3) is 0 Å². The largest absolute Gasteiger partial charge is 0.462 e. The van der Waals surface area contributed by atoms with Gasteiger partial charge in [0.1, 0.15) is 16.6 Å². The molecule has 2 N–H and O–H groups in total. The zero-order chi connectivity index (χ0) is 26.5. The highest BCUT2D eigenvalue weighted by Gasteiger charge is 2.53. The number of nitriles is 1. The maximum atomic E-state index is 13.8. The monoisotopic (exact) mass is 537 g/mol. The minimum absolute atomic E-state index is 0.116. The van der Waals surface area contributed by atoms with Gasteiger partial charge in [0.2, 0.25) is 0 Å². The smallest absolute Gasteiger partial charge is 0.341 e. The number of allylic oxidation sites excluding steroid dienone is 1. The van der Waals surface area contributed by atoms with E-state index in [0.717, 1.165) is 36.8 Å². The Morgan fingerprint density at radius 1 is 1.27 bits per heavy atom. The van der Waals surface area contributed by atoms with Crippen LogP contribution in [0.2, 0.25) is 5.02 Å². The van der Waals surface area contributed by atoms with E-state index in [2.05, 4.69) is 19.9 Å². The fourth-order valence-corrected chi connectivity index (χ4v) is 8.02. The average Bonchev–Trinajstić information content (AvgIpc) is 3.22. The molecule has 1 fully saturated rings. The molecule has 1 aliphatic heterocycles. The topological polar surface area (TPSA) is 96.4 Å². The minimum atomic E-state index is -0.467. The number of rotatable bonds is 4. The number of benzene rings is 1. The van der Waals surface area contributed by atoms with Crippen molar-refractivity contribution in [1.82, 2.24) is 0 Å². The van der Waals surface area contributed by atoms with Crippen LogP contribution in [0.5, 0.6) is 0 Å². The summed E-state index contributed by atoms with van der Waals surface area (Å²) >= 11 is 7.73. The van der Waals surface area contributed by atoms with E-state index in [-0.39, 0.29) is 29.8 Å². The number of ketones is 1. The van der Waals surface area contributed by atoms with Crippen LogP contribution in [0.4, 0.5) is 5.00 Å². The van der Waals surface area contributed by atoms with Crippen molar-refractivity contribution in [1.29, 1.82) is 5.26 Å². The van der Waals surface area contributed by atoms with Crippen molar-refractivity contribution in [3.05, 3.63) is 62.2 Å². The van der Waals surface area contributed by atoms with E-state index >= 15 is 0 Å². The van der Waals surface area contributed by atoms with Crippen molar-refractivity contribution in [2.45, 2.75) is 71.3 Å². The highest BCUT2D eigenvalue weighted by atomic mass is 35.5. The van der Waals surface area contributed by atoms with Crippen molar-refractivity contribution >= 4 is 39.7 Å². The Morgan fingerprint density at radius 2 is 1.97 bits per heavy atom. The first kappa shape index (κ1) is 25.8. The number of carbonyl (C=O) groups is 2. The van der Waals surface area contributed by atoms with Crippen LogP contribution in [0, 0.1) is 22.7 Å². The number of hydrogen-bond acceptors (Lipinski definition) is 7. The molecule has 3 aliphatic rings. The Balaban J connectivity index is 1.75. The van der Waals surface area contributed by atoms with Crippen molar-refractivity contribution in [2.75, 3.05) is 11.5 Å². The van der Waals surface area contributed by atoms with Crippen LogP contribution in [0.1, 0.15) is 78.7 Å². The molecule has 2 aromatic rings. The van der Waals surface area contributed by atoms with Gasteiger partial charge in [-0.1, -0.05) is 37.6 Å². The van der Waals surface area contributed by atoms with E-state index < -0.39 is 11.8 Å². The number of esters is 1. The number of ether oxygens (including phenoxy) is 1. The van der Waals surface area contributed by atoms with E-state index in [1.165, 1.54) is 4.88 Å². The molecule has 0 spiro atoms. The van der Waals surface area contributed by atoms with Crippen molar-refractivity contribution in [3.8, 4) is 6.07 Å². The molecule has 0 saturated heterocycles. The van der Waals surface area contributed by atoms with Crippen LogP contribution in [-0.2, 0) is 22.4 Å². The molecular formula is C29H32ClN3O3S. The Kier molecular flexibility index (Phi) is 6.84. The SMILES string of the molecule is CCOC(=O)c1c(N2C(N)=C(C#N)C(c3ccc(Cl)cc3)C3C(=O)CC(C)(C)CC32)sc2c1CCCC2. The lowest BCUT2D eigenvalue weighted by Crippen LogP contribution is -2.57. The molecule has 1 saturated carbocycles. The summed E-state index contributed by atoms with van der Waals surface area (Å²) in [5, 5.41) is 11.7. The van der Waals surface area contributed by atoms with E-state index in [1.54, 1.807) is 30.4 Å². The molecule has 8 heteroatoms. The van der Waals surface area contributed by atoms with Gasteiger partial charge in [-0.05, 0) is 67.7 Å². The standard InChI is InChI=1S/C29H32ClN3O3S/c1-4-36-28(35)24-18-7-5-6-8-22(18)37-27(24)33-20-13-29(2,3)14-21(34)25(20)23(19(15-31)26(33)32)16-9-11-17(30)12-10-16/h9-12,20,23,25H,4-8,13-14,32H2,1-3H3. The summed E-state index contributed by atoms with van der Waals surface area (Å²) in [4.78, 5) is 30.3. The zero-order valence-electron chi connectivity index (χ0n) is 21.5. The van der Waals surface area contributed by atoms with Gasteiger partial charge in [0.15, 0.2) is 0 Å². The van der Waals surface area contributed by atoms with E-state index in [1.807, 2.05) is 17.0 Å². The third-order valence-corrected chi connectivity index (χ3v) is 9.48. The summed E-state index contributed by atoms with van der Waals surface area (Å²) in [6.45, 7) is 6.27. The molecule has 0 amide bonds. The molecule has 3 unspecified atom stereocenters. The number of Topliss-reactive ketones (excluding diaryl/α,β-unsaturated/α-hetero) is 1. The number of aryl methyl sites for hydroxylation is 1. The van der Waals surface area contributed by atoms with Crippen LogP contribution in [0.15, 0.2) is 35.7 Å². The molecule has 3 atom stereocenters. The molecule has 37 heavy (non-hydrogen) atoms. The first-order valence-electron chi connectivity index (χ1n) is 13.0. The molecule has 2 aliphatic carbocycles. The molecule has 1 aromatic carbocycles. The van der Waals surface area contributed by atoms with Crippen molar-refractivity contribution in [2.24, 2.45) is 17.1 Å². The lowest BCUT2D eigenvalue weighted by molar-refractivity contribution is -0.129. The predicted octanol–water partition coefficient (Wildman–Crippen LogP) is 6.13. The summed E-state index contributed by atoms with van der Waals surface area (Å²) in [5.41, 5.74) is 9.42. The third kappa shape index (κ3) is 4.45. The number of anilines is 1. The predicted molar refractivity (Wildman–Crippen MR) is 146 cm³/mol. The quantitative estimate of drug-likeness (QED) is 0.471. The fraction of sp³-hybridized carbons (Fsp3) is 0.483. The molecule has 2 heterocycles. The molecule has 194 valence electrons. The number of nitrogens with zero attached hydrogens (tertiary/aromatic N) is 2. The third-order valence-electron chi connectivity index (χ3n) is 7.94. The summed E-state index contributed by atoms with van der Waals surface area (Å²) in [6, 6.07) is 9.38. The molecule has 6 nitrogen and oxygen atoms in total. The van der Waals surface area contributed by atoms with E-state index in [4.69, 9.17) is 22.1 Å². The molecule has 1 aromatic heterocycles. The maximum absolute atomic E-state index is 13.8. The fourth-order valence-electron chi connectivity index (χ4n) is 6.44. The number of carbonyl (C=O) groups excluding carboxylic acids is 2. The summed E-state index contributed by atoms with van der Waals surface area (Å²) < 4.78 is 5.51. The van der Waals surface area contributed by atoms with Gasteiger partial charge < -0.3 is 15.4 Å². The Hall–Kier alpha value is -2.82. The Labute approximate surface area is 227 Å². The molecular weight excluding hydrogens is 506 g/mol. The second-order valence-electron chi connectivity index (χ2n) is 11.0. The van der Waals surface area contributed by atoms with Crippen LogP contribution >= 0.6 is 22.9 Å². The van der Waals surface area contributed by atoms with Crippen LogP contribution < -0.4 is 10.6 Å². The van der Waals surface area contributed by atoms with Gasteiger partial charge in [0, 0.05) is 28.3 Å². The lowest BCUT2D eigenvalue weighted by Gasteiger charge is -2.51. The maximum Gasteiger partial charge on any atom is 0.341 e. The summed E-state index contributed by atoms with van der Waals surface area (Å²) in [6.07, 6.45) is 4.93. The second-order valence-corrected chi connectivity index (χ2v) is 12.5. The Morgan fingerprint density at radius 3 is 2.65 bits per heavy atom. The number of nitrogens with two attached hydrogens (primary N) is 1. The van der Waals surface area contributed by atoms with Gasteiger partial charge in [0.05, 0.1) is 29.7 Å². The van der Waals surface area contributed by atoms with Gasteiger partial charge in [-0.25, -0.2) is 4.79 Å². The normalized spacial score (nSPS) is 24.8. The molecule has 5 rings (SSSR count). The first-order valence-corrected chi connectivity index (χ1v) is 14.1. The van der Waals surface area contributed by atoms with Crippen molar-refractivity contribution in [3.63, 3.8) is 0 Å². The first-order chi connectivity index (χ1) is 17.7. The number of fused-ring (bicyclic) bond motifs is 2. The number of thiophene rings is 1. The highest BCUT2D eigenvalue weighted by molar-refractivity contribution is 7.16. The van der Waals surface area contributed by atoms with E-state index in [0.29, 0.717) is 39.8 Å². The van der Waals surface area contributed by atoms with E-state index in [9.17, 15) is 14.9 Å². The van der Waals surface area contributed by atoms with Gasteiger partial charge >= 0.3 is 5.97 Å². The van der Waals surface area contributed by atoms with Gasteiger partial charge in [-0.2, -0.15) is 5.26 Å². The number of hydrogen-bond donors (Lipinski definition) is 1. The second kappa shape index (κ2) is 9.81. The van der Waals surface area contributed by atoms with Crippen molar-refractivity contribution < 1.29 is 14.3 Å². The number of halogens is 1. The summed E-state index contributed by atoms with van der Waals surface area (Å²) in [7, 11) is 0. The van der Waals surface area contributed by atoms with Gasteiger partial charge in [-0.3, -0.25) is 4.79 Å².